The van der Waals surface area contributed by atoms with Gasteiger partial charge in [0.2, 0.25) is 5.91 Å². The smallest absolute Gasteiger partial charge is 0.338 e. The summed E-state index contributed by atoms with van der Waals surface area (Å²) in [6.07, 6.45) is 2.00. The molecule has 0 unspecified atom stereocenters. The number of hydrogen-bond donors (Lipinski definition) is 2. The van der Waals surface area contributed by atoms with Gasteiger partial charge < -0.3 is 24.8 Å². The van der Waals surface area contributed by atoms with Crippen LogP contribution >= 0.6 is 0 Å². The highest BCUT2D eigenvalue weighted by atomic mass is 16.5. The van der Waals surface area contributed by atoms with Crippen LogP contribution in [0.25, 0.3) is 0 Å². The maximum atomic E-state index is 12.0. The van der Waals surface area contributed by atoms with Crippen molar-refractivity contribution in [2.24, 2.45) is 0 Å². The Labute approximate surface area is 209 Å². The summed E-state index contributed by atoms with van der Waals surface area (Å²) in [5.41, 5.74) is 1.69. The second-order valence-corrected chi connectivity index (χ2v) is 7.75. The maximum Gasteiger partial charge on any atom is 0.338 e. The molecule has 0 atom stereocenters. The first-order valence-electron chi connectivity index (χ1n) is 11.5. The van der Waals surface area contributed by atoms with Crippen molar-refractivity contribution in [3.8, 4) is 0 Å². The Balaban J connectivity index is 1.64. The van der Waals surface area contributed by atoms with Crippen LogP contribution in [0.1, 0.15) is 59.7 Å². The van der Waals surface area contributed by atoms with Crippen LogP contribution in [0.15, 0.2) is 48.5 Å². The highest BCUT2D eigenvalue weighted by molar-refractivity contribution is 5.95. The van der Waals surface area contributed by atoms with Gasteiger partial charge in [-0.05, 0) is 61.4 Å². The Hall–Kier alpha value is -4.21. The molecular weight excluding hydrogens is 468 g/mol. The van der Waals surface area contributed by atoms with Gasteiger partial charge in [0.25, 0.3) is 5.91 Å². The normalized spacial score (nSPS) is 10.2. The van der Waals surface area contributed by atoms with Crippen LogP contribution in [0.4, 0.5) is 11.4 Å². The minimum atomic E-state index is -0.606. The molecule has 0 spiro atoms. The topological polar surface area (TPSA) is 137 Å². The molecule has 0 aliphatic rings. The maximum absolute atomic E-state index is 12.0. The SMILES string of the molecule is CCCCOC(=O)c1ccc(NC(=O)COC(=O)CCCC(=O)Nc2ccc(C(=O)OC)cc2)cc1. The molecule has 0 aliphatic heterocycles. The van der Waals surface area contributed by atoms with E-state index in [2.05, 4.69) is 15.4 Å². The van der Waals surface area contributed by atoms with Crippen LogP contribution in [-0.2, 0) is 28.6 Å². The van der Waals surface area contributed by atoms with Crippen molar-refractivity contribution in [1.82, 2.24) is 0 Å². The summed E-state index contributed by atoms with van der Waals surface area (Å²) in [7, 11) is 1.28. The number of amides is 2. The highest BCUT2D eigenvalue weighted by Crippen LogP contribution is 2.13. The average molecular weight is 499 g/mol. The van der Waals surface area contributed by atoms with Gasteiger partial charge in [-0.3, -0.25) is 14.4 Å². The third kappa shape index (κ3) is 9.96. The van der Waals surface area contributed by atoms with E-state index in [0.717, 1.165) is 12.8 Å². The molecule has 2 aromatic rings. The lowest BCUT2D eigenvalue weighted by molar-refractivity contribution is -0.147. The fourth-order valence-corrected chi connectivity index (χ4v) is 2.92. The minimum absolute atomic E-state index is 0.0309. The molecule has 2 N–H and O–H groups in total. The first-order valence-corrected chi connectivity index (χ1v) is 11.5. The van der Waals surface area contributed by atoms with Gasteiger partial charge in [-0.25, -0.2) is 9.59 Å². The molecule has 10 heteroatoms. The van der Waals surface area contributed by atoms with Crippen LogP contribution in [0.3, 0.4) is 0 Å². The van der Waals surface area contributed by atoms with E-state index in [1.807, 2.05) is 6.92 Å². The predicted octanol–water partition coefficient (Wildman–Crippen LogP) is 3.72. The zero-order valence-corrected chi connectivity index (χ0v) is 20.3. The fraction of sp³-hybridized carbons (Fsp3) is 0.346. The van der Waals surface area contributed by atoms with Crippen molar-refractivity contribution in [2.45, 2.75) is 39.0 Å². The Morgan fingerprint density at radius 1 is 0.694 bits per heavy atom. The molecule has 36 heavy (non-hydrogen) atoms. The molecule has 2 rings (SSSR count). The lowest BCUT2D eigenvalue weighted by Gasteiger charge is -2.08. The Kier molecular flexibility index (Phi) is 11.6. The minimum Gasteiger partial charge on any atom is -0.465 e. The second kappa shape index (κ2) is 14.9. The van der Waals surface area contributed by atoms with Crippen LogP contribution < -0.4 is 10.6 Å². The first-order chi connectivity index (χ1) is 17.3. The van der Waals surface area contributed by atoms with E-state index in [-0.39, 0.29) is 25.2 Å². The van der Waals surface area contributed by atoms with E-state index < -0.39 is 30.4 Å². The lowest BCUT2D eigenvalue weighted by atomic mass is 10.2. The predicted molar refractivity (Wildman–Crippen MR) is 131 cm³/mol. The quantitative estimate of drug-likeness (QED) is 0.242. The van der Waals surface area contributed by atoms with Crippen LogP contribution in [0, 0.1) is 0 Å². The van der Waals surface area contributed by atoms with E-state index >= 15 is 0 Å². The van der Waals surface area contributed by atoms with E-state index in [9.17, 15) is 24.0 Å². The Morgan fingerprint density at radius 2 is 1.25 bits per heavy atom. The van der Waals surface area contributed by atoms with Crippen molar-refractivity contribution in [3.63, 3.8) is 0 Å². The van der Waals surface area contributed by atoms with Crippen molar-refractivity contribution in [2.75, 3.05) is 31.0 Å². The number of methoxy groups -OCH3 is 1. The number of rotatable bonds is 13. The molecule has 0 heterocycles. The summed E-state index contributed by atoms with van der Waals surface area (Å²) >= 11 is 0. The summed E-state index contributed by atoms with van der Waals surface area (Å²) in [6.45, 7) is 1.88. The number of carbonyl (C=O) groups excluding carboxylic acids is 5. The summed E-state index contributed by atoms with van der Waals surface area (Å²) < 4.78 is 14.7. The number of hydrogen-bond acceptors (Lipinski definition) is 8. The van der Waals surface area contributed by atoms with Crippen LogP contribution in [0.2, 0.25) is 0 Å². The summed E-state index contributed by atoms with van der Waals surface area (Å²) in [5.74, 6) is -2.34. The summed E-state index contributed by atoms with van der Waals surface area (Å²) in [5, 5.41) is 5.24. The van der Waals surface area contributed by atoms with E-state index in [1.165, 1.54) is 31.4 Å². The number of ether oxygens (including phenoxy) is 3. The van der Waals surface area contributed by atoms with Gasteiger partial charge in [-0.15, -0.1) is 0 Å². The van der Waals surface area contributed by atoms with Crippen molar-refractivity contribution < 1.29 is 38.2 Å². The summed E-state index contributed by atoms with van der Waals surface area (Å²) in [6, 6.07) is 12.4. The Bertz CT molecular complexity index is 1050. The Morgan fingerprint density at radius 3 is 1.81 bits per heavy atom. The van der Waals surface area contributed by atoms with Gasteiger partial charge in [-0.1, -0.05) is 13.3 Å². The molecule has 0 saturated heterocycles. The molecule has 0 radical (unpaired) electrons. The largest absolute Gasteiger partial charge is 0.465 e. The van der Waals surface area contributed by atoms with Gasteiger partial charge in [0.05, 0.1) is 24.8 Å². The third-order valence-corrected chi connectivity index (χ3v) is 4.87. The molecule has 2 amide bonds. The molecule has 10 nitrogen and oxygen atoms in total. The zero-order valence-electron chi connectivity index (χ0n) is 20.3. The van der Waals surface area contributed by atoms with Crippen LogP contribution in [0.5, 0.6) is 0 Å². The van der Waals surface area contributed by atoms with Crippen molar-refractivity contribution in [1.29, 1.82) is 0 Å². The number of carbonyl (C=O) groups is 5. The number of nitrogens with one attached hydrogen (secondary N) is 2. The molecular formula is C26H30N2O8. The molecule has 0 bridgehead atoms. The van der Waals surface area contributed by atoms with E-state index in [1.54, 1.807) is 24.3 Å². The molecule has 0 saturated carbocycles. The molecule has 0 fully saturated rings. The lowest BCUT2D eigenvalue weighted by Crippen LogP contribution is -2.21. The van der Waals surface area contributed by atoms with Crippen molar-refractivity contribution >= 4 is 41.1 Å². The molecule has 0 aromatic heterocycles. The molecule has 192 valence electrons. The zero-order chi connectivity index (χ0) is 26.3. The van der Waals surface area contributed by atoms with Crippen LogP contribution in [-0.4, -0.2) is 50.0 Å². The van der Waals surface area contributed by atoms with Crippen molar-refractivity contribution in [3.05, 3.63) is 59.7 Å². The first kappa shape index (κ1) is 28.0. The monoisotopic (exact) mass is 498 g/mol. The number of esters is 3. The van der Waals surface area contributed by atoms with Gasteiger partial charge in [0, 0.05) is 24.2 Å². The van der Waals surface area contributed by atoms with Gasteiger partial charge in [0.15, 0.2) is 6.61 Å². The fourth-order valence-electron chi connectivity index (χ4n) is 2.92. The number of benzene rings is 2. The molecule has 0 aliphatic carbocycles. The molecule has 2 aromatic carbocycles. The van der Waals surface area contributed by atoms with E-state index in [4.69, 9.17) is 9.47 Å². The average Bonchev–Trinajstić information content (AvgIpc) is 2.88. The third-order valence-electron chi connectivity index (χ3n) is 4.87. The van der Waals surface area contributed by atoms with Gasteiger partial charge >= 0.3 is 17.9 Å². The van der Waals surface area contributed by atoms with E-state index in [0.29, 0.717) is 29.1 Å². The van der Waals surface area contributed by atoms with Gasteiger partial charge in [-0.2, -0.15) is 0 Å². The second-order valence-electron chi connectivity index (χ2n) is 7.75. The number of anilines is 2. The summed E-state index contributed by atoms with van der Waals surface area (Å²) in [4.78, 5) is 59.2. The standard InChI is InChI=1S/C26H30N2O8/c1-3-4-16-35-26(33)19-10-14-21(15-11-19)28-23(30)17-36-24(31)7-5-6-22(29)27-20-12-8-18(9-13-20)25(32)34-2/h8-15H,3-7,16-17H2,1-2H3,(H,27,29)(H,28,30). The highest BCUT2D eigenvalue weighted by Gasteiger charge is 2.12. The van der Waals surface area contributed by atoms with Gasteiger partial charge in [0.1, 0.15) is 0 Å². The number of unbranched alkanes of at least 4 members (excludes halogenated alkanes) is 1.